The standard InChI is InChI=1S/C20H14IN3O3S/c1-24-19(26)15(18(25)23-20(24)28)8-12-6-7-17(16(21)9-12)27-11-14-5-3-2-4-13(14)10-22/h2-9H,11H2,1H3,(H,23,25,28)/b15-8+. The van der Waals surface area contributed by atoms with Crippen LogP contribution in [-0.4, -0.2) is 28.9 Å². The molecule has 0 saturated carbocycles. The molecule has 0 bridgehead atoms. The molecule has 1 fully saturated rings. The van der Waals surface area contributed by atoms with Crippen LogP contribution in [0.2, 0.25) is 0 Å². The maximum Gasteiger partial charge on any atom is 0.265 e. The van der Waals surface area contributed by atoms with Crippen LogP contribution in [0.15, 0.2) is 48.0 Å². The second kappa shape index (κ2) is 8.50. The highest BCUT2D eigenvalue weighted by molar-refractivity contribution is 14.1. The lowest BCUT2D eigenvalue weighted by atomic mass is 10.1. The molecule has 0 atom stereocenters. The molecular formula is C20H14IN3O3S. The lowest BCUT2D eigenvalue weighted by Gasteiger charge is -2.25. The number of hydrogen-bond donors (Lipinski definition) is 1. The molecule has 6 nitrogen and oxygen atoms in total. The number of nitriles is 1. The van der Waals surface area contributed by atoms with Crippen LogP contribution in [-0.2, 0) is 16.2 Å². The predicted octanol–water partition coefficient (Wildman–Crippen LogP) is 3.00. The van der Waals surface area contributed by atoms with Crippen molar-refractivity contribution in [2.75, 3.05) is 7.05 Å². The summed E-state index contributed by atoms with van der Waals surface area (Å²) in [4.78, 5) is 25.6. The summed E-state index contributed by atoms with van der Waals surface area (Å²) in [6, 6.07) is 14.7. The van der Waals surface area contributed by atoms with E-state index in [1.807, 2.05) is 18.2 Å². The number of hydrogen-bond acceptors (Lipinski definition) is 5. The van der Waals surface area contributed by atoms with Crippen LogP contribution in [0.4, 0.5) is 0 Å². The zero-order valence-electron chi connectivity index (χ0n) is 14.7. The summed E-state index contributed by atoms with van der Waals surface area (Å²) in [7, 11) is 1.51. The Morgan fingerprint density at radius 2 is 2.04 bits per heavy atom. The molecule has 140 valence electrons. The molecule has 1 aliphatic rings. The molecule has 2 aromatic carbocycles. The van der Waals surface area contributed by atoms with Crippen molar-refractivity contribution in [2.45, 2.75) is 6.61 Å². The van der Waals surface area contributed by atoms with Gasteiger partial charge in [-0.3, -0.25) is 19.8 Å². The predicted molar refractivity (Wildman–Crippen MR) is 116 cm³/mol. The Kier molecular flexibility index (Phi) is 6.06. The Bertz CT molecular complexity index is 1060. The molecule has 0 spiro atoms. The van der Waals surface area contributed by atoms with Gasteiger partial charge in [0.2, 0.25) is 0 Å². The van der Waals surface area contributed by atoms with E-state index in [1.165, 1.54) is 18.0 Å². The van der Waals surface area contributed by atoms with E-state index in [0.29, 0.717) is 16.9 Å². The van der Waals surface area contributed by atoms with Crippen LogP contribution in [0.3, 0.4) is 0 Å². The van der Waals surface area contributed by atoms with Crippen molar-refractivity contribution in [1.82, 2.24) is 10.2 Å². The van der Waals surface area contributed by atoms with Gasteiger partial charge in [0, 0.05) is 12.6 Å². The van der Waals surface area contributed by atoms with E-state index in [2.05, 4.69) is 34.0 Å². The second-order valence-corrected chi connectivity index (χ2v) is 7.48. The average molecular weight is 503 g/mol. The number of nitrogens with zero attached hydrogens (tertiary/aromatic N) is 2. The van der Waals surface area contributed by atoms with Crippen LogP contribution >= 0.6 is 34.8 Å². The number of rotatable bonds is 4. The lowest BCUT2D eigenvalue weighted by Crippen LogP contribution is -2.52. The number of nitrogens with one attached hydrogen (secondary N) is 1. The first-order chi connectivity index (χ1) is 13.4. The first kappa shape index (κ1) is 20.0. The van der Waals surface area contributed by atoms with Gasteiger partial charge >= 0.3 is 0 Å². The zero-order chi connectivity index (χ0) is 20.3. The van der Waals surface area contributed by atoms with Gasteiger partial charge in [0.05, 0.1) is 15.2 Å². The van der Waals surface area contributed by atoms with E-state index in [4.69, 9.17) is 22.2 Å². The maximum atomic E-state index is 12.3. The van der Waals surface area contributed by atoms with E-state index < -0.39 is 11.8 Å². The topological polar surface area (TPSA) is 82.4 Å². The smallest absolute Gasteiger partial charge is 0.265 e. The lowest BCUT2D eigenvalue weighted by molar-refractivity contribution is -0.128. The third kappa shape index (κ3) is 4.21. The van der Waals surface area contributed by atoms with E-state index in [-0.39, 0.29) is 17.3 Å². The van der Waals surface area contributed by atoms with Crippen molar-refractivity contribution in [3.05, 3.63) is 68.3 Å². The number of likely N-dealkylation sites (N-methyl/N-ethyl adjacent to an activating group) is 1. The summed E-state index contributed by atoms with van der Waals surface area (Å²) >= 11 is 7.06. The minimum Gasteiger partial charge on any atom is -0.488 e. The number of thiocarbonyl (C=S) groups is 1. The van der Waals surface area contributed by atoms with Gasteiger partial charge in [-0.2, -0.15) is 5.26 Å². The van der Waals surface area contributed by atoms with Gasteiger partial charge in [-0.15, -0.1) is 0 Å². The third-order valence-corrected chi connectivity index (χ3v) is 5.31. The minimum absolute atomic E-state index is 0.0171. The summed E-state index contributed by atoms with van der Waals surface area (Å²) in [6.45, 7) is 0.267. The molecule has 3 rings (SSSR count). The highest BCUT2D eigenvalue weighted by atomic mass is 127. The molecule has 1 aliphatic heterocycles. The van der Waals surface area contributed by atoms with Crippen molar-refractivity contribution in [1.29, 1.82) is 5.26 Å². The van der Waals surface area contributed by atoms with Crippen LogP contribution in [0.1, 0.15) is 16.7 Å². The highest BCUT2D eigenvalue weighted by Crippen LogP contribution is 2.25. The molecule has 0 radical (unpaired) electrons. The molecule has 2 amide bonds. The normalized spacial score (nSPS) is 15.4. The number of benzene rings is 2. The molecule has 1 heterocycles. The zero-order valence-corrected chi connectivity index (χ0v) is 17.7. The van der Waals surface area contributed by atoms with E-state index in [1.54, 1.807) is 24.3 Å². The van der Waals surface area contributed by atoms with E-state index in [0.717, 1.165) is 9.13 Å². The minimum atomic E-state index is -0.517. The fourth-order valence-electron chi connectivity index (χ4n) is 2.55. The Morgan fingerprint density at radius 3 is 2.75 bits per heavy atom. The summed E-state index contributed by atoms with van der Waals surface area (Å²) in [6.07, 6.45) is 1.52. The Hall–Kier alpha value is -2.77. The van der Waals surface area contributed by atoms with Crippen LogP contribution in [0.25, 0.3) is 6.08 Å². The highest BCUT2D eigenvalue weighted by Gasteiger charge is 2.30. The number of amides is 2. The summed E-state index contributed by atoms with van der Waals surface area (Å²) in [5.41, 5.74) is 2.08. The van der Waals surface area contributed by atoms with Crippen molar-refractivity contribution in [3.8, 4) is 11.8 Å². The molecule has 2 aromatic rings. The van der Waals surface area contributed by atoms with Gasteiger partial charge in [-0.05, 0) is 64.6 Å². The molecule has 8 heteroatoms. The second-order valence-electron chi connectivity index (χ2n) is 5.93. The average Bonchev–Trinajstić information content (AvgIpc) is 2.69. The van der Waals surface area contributed by atoms with Gasteiger partial charge in [0.15, 0.2) is 5.11 Å². The van der Waals surface area contributed by atoms with Gasteiger partial charge in [0.1, 0.15) is 17.9 Å². The first-order valence-electron chi connectivity index (χ1n) is 8.16. The number of carbonyl (C=O) groups is 2. The molecule has 28 heavy (non-hydrogen) atoms. The maximum absolute atomic E-state index is 12.3. The summed E-state index contributed by atoms with van der Waals surface area (Å²) in [5, 5.41) is 11.7. The van der Waals surface area contributed by atoms with Gasteiger partial charge < -0.3 is 4.74 Å². The van der Waals surface area contributed by atoms with Crippen molar-refractivity contribution < 1.29 is 14.3 Å². The Morgan fingerprint density at radius 1 is 1.29 bits per heavy atom. The third-order valence-electron chi connectivity index (χ3n) is 4.09. The molecule has 0 unspecified atom stereocenters. The Labute approximate surface area is 180 Å². The first-order valence-corrected chi connectivity index (χ1v) is 9.65. The fourth-order valence-corrected chi connectivity index (χ4v) is 3.42. The van der Waals surface area contributed by atoms with Gasteiger partial charge in [-0.25, -0.2) is 0 Å². The van der Waals surface area contributed by atoms with E-state index in [9.17, 15) is 9.59 Å². The van der Waals surface area contributed by atoms with Crippen molar-refractivity contribution in [2.24, 2.45) is 0 Å². The summed E-state index contributed by atoms with van der Waals surface area (Å²) < 4.78 is 6.65. The van der Waals surface area contributed by atoms with Crippen molar-refractivity contribution in [3.63, 3.8) is 0 Å². The molecule has 1 saturated heterocycles. The van der Waals surface area contributed by atoms with Gasteiger partial charge in [0.25, 0.3) is 11.8 Å². The Balaban J connectivity index is 1.79. The monoisotopic (exact) mass is 503 g/mol. The number of carbonyl (C=O) groups excluding carboxylic acids is 2. The number of halogens is 1. The van der Waals surface area contributed by atoms with E-state index >= 15 is 0 Å². The quantitative estimate of drug-likeness (QED) is 0.300. The SMILES string of the molecule is CN1C(=O)/C(=C/c2ccc(OCc3ccccc3C#N)c(I)c2)C(=O)NC1=S. The van der Waals surface area contributed by atoms with Crippen LogP contribution in [0, 0.1) is 14.9 Å². The van der Waals surface area contributed by atoms with Crippen LogP contribution in [0.5, 0.6) is 5.75 Å². The molecule has 1 N–H and O–H groups in total. The fraction of sp³-hybridized carbons (Fsp3) is 0.100. The molecule has 0 aromatic heterocycles. The largest absolute Gasteiger partial charge is 0.488 e. The van der Waals surface area contributed by atoms with Crippen molar-refractivity contribution >= 4 is 57.8 Å². The summed E-state index contributed by atoms with van der Waals surface area (Å²) in [5.74, 6) is -0.318. The molecular weight excluding hydrogens is 489 g/mol. The molecule has 0 aliphatic carbocycles. The number of ether oxygens (including phenoxy) is 1. The van der Waals surface area contributed by atoms with Gasteiger partial charge in [-0.1, -0.05) is 24.3 Å². The van der Waals surface area contributed by atoms with Crippen LogP contribution < -0.4 is 10.1 Å².